The molecule has 5 heterocycles. The Morgan fingerprint density at radius 2 is 1.65 bits per heavy atom. The number of aliphatic hydroxyl groups is 1. The summed E-state index contributed by atoms with van der Waals surface area (Å²) in [7, 11) is 0. The molecular weight excluding hydrogens is 631 g/mol. The van der Waals surface area contributed by atoms with Crippen LogP contribution in [0.1, 0.15) is 12.5 Å². The molecule has 4 aromatic rings. The number of alkyl halides is 3. The number of likely N-dealkylation sites (N-methyl/N-ethyl adjacent to an activating group) is 1. The molecule has 0 amide bonds. The number of hydrogen-bond donors (Lipinski definition) is 3. The molecule has 15 heteroatoms. The second-order valence-corrected chi connectivity index (χ2v) is 11.3. The lowest BCUT2D eigenvalue weighted by molar-refractivity contribution is -0.795. The van der Waals surface area contributed by atoms with E-state index in [-0.39, 0.29) is 24.9 Å². The average Bonchev–Trinajstić information content (AvgIpc) is 3.83. The van der Waals surface area contributed by atoms with Crippen molar-refractivity contribution >= 4 is 34.6 Å². The molecule has 2 saturated heterocycles. The van der Waals surface area contributed by atoms with Crippen LogP contribution >= 0.6 is 11.6 Å². The largest absolute Gasteiger partial charge is 0.542 e. The number of pyridine rings is 1. The smallest absolute Gasteiger partial charge is 0.430 e. The summed E-state index contributed by atoms with van der Waals surface area (Å²) >= 11 is 6.63. The highest BCUT2D eigenvalue weighted by molar-refractivity contribution is 6.33. The van der Waals surface area contributed by atoms with Crippen LogP contribution in [-0.4, -0.2) is 95.3 Å². The normalized spacial score (nSPS) is 24.0. The number of aliphatic hydroxyl groups excluding tert-OH is 1. The van der Waals surface area contributed by atoms with Crippen molar-refractivity contribution < 1.29 is 47.3 Å². The van der Waals surface area contributed by atoms with Crippen LogP contribution in [0.5, 0.6) is 6.01 Å². The Bertz CT molecular complexity index is 1750. The molecule has 7 rings (SSSR count). The van der Waals surface area contributed by atoms with Crippen molar-refractivity contribution in [2.45, 2.75) is 37.5 Å². The summed E-state index contributed by atoms with van der Waals surface area (Å²) in [5.74, 6) is -1.85. The number of rotatable bonds is 6. The van der Waals surface area contributed by atoms with Gasteiger partial charge in [-0.05, 0) is 36.2 Å². The maximum Gasteiger partial charge on any atom is 0.430 e. The van der Waals surface area contributed by atoms with Crippen molar-refractivity contribution in [3.8, 4) is 28.4 Å². The number of H-pyrrole nitrogens is 1. The van der Waals surface area contributed by atoms with E-state index in [9.17, 15) is 18.3 Å². The Morgan fingerprint density at radius 3 is 2.28 bits per heavy atom. The summed E-state index contributed by atoms with van der Waals surface area (Å²) in [4.78, 5) is 27.3. The number of carbonyl (C=O) groups is 1. The van der Waals surface area contributed by atoms with E-state index in [0.717, 1.165) is 42.2 Å². The first-order chi connectivity index (χ1) is 22.0. The molecule has 3 aliphatic heterocycles. The van der Waals surface area contributed by atoms with E-state index in [4.69, 9.17) is 45.7 Å². The maximum atomic E-state index is 10.5. The van der Waals surface area contributed by atoms with Gasteiger partial charge in [0.25, 0.3) is 6.01 Å². The zero-order valence-electron chi connectivity index (χ0n) is 24.4. The quantitative estimate of drug-likeness (QED) is 0.284. The average molecular weight is 660 g/mol. The van der Waals surface area contributed by atoms with Gasteiger partial charge < -0.3 is 34.2 Å². The minimum Gasteiger partial charge on any atom is -0.542 e. The maximum absolute atomic E-state index is 10.5. The number of quaternary nitrogens is 1. The van der Waals surface area contributed by atoms with Crippen LogP contribution in [-0.2, 0) is 14.3 Å². The molecule has 2 aromatic carbocycles. The van der Waals surface area contributed by atoms with Gasteiger partial charge >= 0.3 is 6.18 Å². The van der Waals surface area contributed by atoms with Crippen molar-refractivity contribution in [1.29, 1.82) is 0 Å². The number of carboxylic acids is 1. The van der Waals surface area contributed by atoms with Gasteiger partial charge in [0.2, 0.25) is 5.84 Å². The fourth-order valence-electron chi connectivity index (χ4n) is 5.66. The fraction of sp³-hybridized carbons (Fsp3) is 0.355. The van der Waals surface area contributed by atoms with E-state index in [1.807, 2.05) is 18.2 Å². The van der Waals surface area contributed by atoms with Crippen LogP contribution in [0.3, 0.4) is 0 Å². The van der Waals surface area contributed by atoms with E-state index in [1.54, 1.807) is 0 Å². The highest BCUT2D eigenvalue weighted by atomic mass is 35.5. The van der Waals surface area contributed by atoms with Gasteiger partial charge in [-0.3, -0.25) is 4.90 Å². The number of aliphatic imine (C=N–C) groups is 1. The minimum atomic E-state index is -5.19. The predicted octanol–water partition coefficient (Wildman–Crippen LogP) is 1.81. The minimum absolute atomic E-state index is 0.244. The van der Waals surface area contributed by atoms with Gasteiger partial charge in [0.15, 0.2) is 11.8 Å². The highest BCUT2D eigenvalue weighted by Gasteiger charge is 2.48. The lowest BCUT2D eigenvalue weighted by Gasteiger charge is -2.15. The van der Waals surface area contributed by atoms with Crippen LogP contribution in [0.2, 0.25) is 5.02 Å². The third kappa shape index (κ3) is 6.57. The van der Waals surface area contributed by atoms with Gasteiger partial charge in [-0.1, -0.05) is 48.0 Å². The second-order valence-electron chi connectivity index (χ2n) is 10.9. The number of carbonyl (C=O) groups excluding carboxylic acids is 1. The summed E-state index contributed by atoms with van der Waals surface area (Å²) in [5, 5.41) is 19.3. The molecule has 46 heavy (non-hydrogen) atoms. The number of aromatic amines is 1. The van der Waals surface area contributed by atoms with Gasteiger partial charge in [0, 0.05) is 5.56 Å². The fourth-order valence-corrected chi connectivity index (χ4v) is 5.92. The zero-order chi connectivity index (χ0) is 32.6. The summed E-state index contributed by atoms with van der Waals surface area (Å²) in [6.45, 7) is 5.78. The third-order valence-electron chi connectivity index (χ3n) is 7.98. The number of ether oxygens (including phenoxy) is 3. The number of benzene rings is 2. The summed E-state index contributed by atoms with van der Waals surface area (Å²) in [5.41, 5.74) is 6.17. The summed E-state index contributed by atoms with van der Waals surface area (Å²) < 4.78 is 48.8. The number of carboxylic acid groups (broad SMARTS) is 1. The lowest BCUT2D eigenvalue weighted by Crippen LogP contribution is -3.13. The number of nitrogens with one attached hydrogen (secondary N) is 2. The van der Waals surface area contributed by atoms with Crippen LogP contribution in [0.4, 0.5) is 13.2 Å². The molecule has 0 radical (unpaired) electrons. The molecule has 1 unspecified atom stereocenters. The molecular formula is C31H29ClF3N5O6. The Morgan fingerprint density at radius 1 is 1.04 bits per heavy atom. The summed E-state index contributed by atoms with van der Waals surface area (Å²) in [6, 6.07) is 18.9. The predicted molar refractivity (Wildman–Crippen MR) is 159 cm³/mol. The van der Waals surface area contributed by atoms with Crippen molar-refractivity contribution in [3.05, 3.63) is 65.2 Å². The lowest BCUT2D eigenvalue weighted by atomic mass is 10.0. The van der Waals surface area contributed by atoms with Gasteiger partial charge in [-0.2, -0.15) is 18.2 Å². The Labute approximate surface area is 265 Å². The van der Waals surface area contributed by atoms with Gasteiger partial charge in [0.1, 0.15) is 30.8 Å². The molecule has 0 bridgehead atoms. The number of hydrogen-bond acceptors (Lipinski definition) is 9. The van der Waals surface area contributed by atoms with Crippen LogP contribution in [0, 0.1) is 0 Å². The number of fused-ring (bicyclic) bond motifs is 2. The van der Waals surface area contributed by atoms with E-state index in [1.165, 1.54) is 10.5 Å². The molecule has 0 aliphatic carbocycles. The number of halogens is 4. The topological polar surface area (TPSA) is 146 Å². The number of nitrogens with zero attached hydrogens (tertiary/aromatic N) is 3. The first kappa shape index (κ1) is 31.9. The molecule has 0 spiro atoms. The molecule has 2 fully saturated rings. The number of amidine groups is 1. The molecule has 242 valence electrons. The Balaban J connectivity index is 0.000000480. The van der Waals surface area contributed by atoms with Gasteiger partial charge in [-0.25, -0.2) is 9.98 Å². The Kier molecular flexibility index (Phi) is 8.99. The summed E-state index contributed by atoms with van der Waals surface area (Å²) in [6.07, 6.45) is -6.87. The molecule has 11 nitrogen and oxygen atoms in total. The van der Waals surface area contributed by atoms with E-state index in [0.29, 0.717) is 34.5 Å². The van der Waals surface area contributed by atoms with Gasteiger partial charge in [0.05, 0.1) is 48.1 Å². The second kappa shape index (κ2) is 13.0. The molecule has 5 atom stereocenters. The number of aliphatic carboxylic acids is 1. The standard InChI is InChI=1S/C29H28ClN5O4.C2HF3O2/c1-2-35-12-11-31-28(35)19-9-5-17(6-10-19)16-3-7-18(8-4-16)24-20(30)13-21-27(33-24)34-29(32-21)39-23-15-38-25-22(36)14-37-26(23)25;3-2(4,5)1(6)7/h3-10,13,22-23,25-26,36H,2,11-12,14-15H2,1H3,(H,32,33,34);(H,6,7)/t22-,23-,25-,26-;/m1./s1. The number of imidazole rings is 1. The third-order valence-corrected chi connectivity index (χ3v) is 8.26. The molecule has 3 aliphatic rings. The molecule has 2 aromatic heterocycles. The van der Waals surface area contributed by atoms with Crippen LogP contribution in [0.25, 0.3) is 33.5 Å². The first-order valence-electron chi connectivity index (χ1n) is 14.5. The van der Waals surface area contributed by atoms with Crippen LogP contribution in [0.15, 0.2) is 59.6 Å². The molecule has 3 N–H and O–H groups in total. The van der Waals surface area contributed by atoms with Crippen LogP contribution < -0.4 is 14.7 Å². The van der Waals surface area contributed by atoms with Crippen molar-refractivity contribution in [3.63, 3.8) is 0 Å². The van der Waals surface area contributed by atoms with Crippen molar-refractivity contribution in [2.75, 3.05) is 32.8 Å². The van der Waals surface area contributed by atoms with Gasteiger partial charge in [-0.15, -0.1) is 0 Å². The van der Waals surface area contributed by atoms with Crippen molar-refractivity contribution in [1.82, 2.24) is 15.0 Å². The SMILES string of the molecule is CC[NH+]1CCN=C1c1ccc(-c2ccc(-c3nc4nc(O[C@@H]5CO[C@H]6[C@@H]5OC[C@H]6O)[nH]c4cc3Cl)cc2)cc1.O=C([O-])C(F)(F)F. The zero-order valence-corrected chi connectivity index (χ0v) is 25.1. The molecule has 0 saturated carbocycles. The number of aromatic nitrogens is 3. The monoisotopic (exact) mass is 659 g/mol. The van der Waals surface area contributed by atoms with E-state index >= 15 is 0 Å². The first-order valence-corrected chi connectivity index (χ1v) is 14.9. The van der Waals surface area contributed by atoms with Crippen molar-refractivity contribution in [2.24, 2.45) is 4.99 Å². The van der Waals surface area contributed by atoms with E-state index < -0.39 is 18.2 Å². The van der Waals surface area contributed by atoms with E-state index in [2.05, 4.69) is 53.3 Å². The highest BCUT2D eigenvalue weighted by Crippen LogP contribution is 2.33. The Hall–Kier alpha value is -4.08.